The van der Waals surface area contributed by atoms with Gasteiger partial charge in [0.2, 0.25) is 0 Å². The highest BCUT2D eigenvalue weighted by Gasteiger charge is 2.28. The Morgan fingerprint density at radius 3 is 2.63 bits per heavy atom. The number of amides is 1. The molecule has 1 aromatic carbocycles. The van der Waals surface area contributed by atoms with Crippen LogP contribution in [0.25, 0.3) is 16.9 Å². The Hall–Kier alpha value is -3.49. The third-order valence-corrected chi connectivity index (χ3v) is 5.29. The molecule has 2 aromatic heterocycles. The van der Waals surface area contributed by atoms with E-state index in [-0.39, 0.29) is 6.10 Å². The van der Waals surface area contributed by atoms with Gasteiger partial charge in [-0.05, 0) is 38.1 Å². The molecule has 0 bridgehead atoms. The summed E-state index contributed by atoms with van der Waals surface area (Å²) in [5, 5.41) is 4.72. The molecule has 1 aliphatic rings. The predicted octanol–water partition coefficient (Wildman–Crippen LogP) is 2.70. The van der Waals surface area contributed by atoms with E-state index in [9.17, 15) is 4.79 Å². The Kier molecular flexibility index (Phi) is 5.11. The van der Waals surface area contributed by atoms with Gasteiger partial charge in [0, 0.05) is 18.5 Å². The average molecular weight is 411 g/mol. The van der Waals surface area contributed by atoms with E-state index < -0.39 is 6.09 Å². The van der Waals surface area contributed by atoms with Crippen LogP contribution in [0.1, 0.15) is 17.8 Å². The zero-order valence-electron chi connectivity index (χ0n) is 17.5. The number of fused-ring (bicyclic) bond motifs is 1. The zero-order chi connectivity index (χ0) is 21.4. The quantitative estimate of drug-likeness (QED) is 0.688. The fraction of sp³-hybridized carbons (Fsp3) is 0.381. The van der Waals surface area contributed by atoms with E-state index in [1.54, 1.807) is 14.2 Å². The summed E-state index contributed by atoms with van der Waals surface area (Å²) in [4.78, 5) is 18.1. The first kappa shape index (κ1) is 19.8. The van der Waals surface area contributed by atoms with E-state index in [0.29, 0.717) is 18.0 Å². The molecule has 158 valence electrons. The first-order valence-corrected chi connectivity index (χ1v) is 9.71. The van der Waals surface area contributed by atoms with Crippen molar-refractivity contribution in [3.05, 3.63) is 35.7 Å². The second kappa shape index (κ2) is 7.74. The maximum absolute atomic E-state index is 11.1. The molecule has 30 heavy (non-hydrogen) atoms. The van der Waals surface area contributed by atoms with Gasteiger partial charge in [-0.1, -0.05) is 0 Å². The number of carbonyl (C=O) groups is 1. The molecule has 0 saturated carbocycles. The first-order valence-electron chi connectivity index (χ1n) is 9.71. The van der Waals surface area contributed by atoms with Crippen molar-refractivity contribution in [3.63, 3.8) is 0 Å². The second-order valence-electron chi connectivity index (χ2n) is 7.32. The van der Waals surface area contributed by atoms with Gasteiger partial charge >= 0.3 is 6.09 Å². The van der Waals surface area contributed by atoms with Crippen LogP contribution in [-0.2, 0) is 4.74 Å². The highest BCUT2D eigenvalue weighted by atomic mass is 16.6. The maximum Gasteiger partial charge on any atom is 0.404 e. The lowest BCUT2D eigenvalue weighted by molar-refractivity contribution is 0.117. The highest BCUT2D eigenvalue weighted by molar-refractivity contribution is 5.77. The summed E-state index contributed by atoms with van der Waals surface area (Å²) in [5.74, 6) is 1.30. The van der Waals surface area contributed by atoms with E-state index in [4.69, 9.17) is 30.0 Å². The molecule has 9 nitrogen and oxygen atoms in total. The van der Waals surface area contributed by atoms with E-state index in [2.05, 4.69) is 4.90 Å². The van der Waals surface area contributed by atoms with E-state index in [0.717, 1.165) is 46.9 Å². The third kappa shape index (κ3) is 3.47. The number of nitrogens with two attached hydrogens (primary N) is 1. The van der Waals surface area contributed by atoms with Crippen molar-refractivity contribution >= 4 is 17.4 Å². The van der Waals surface area contributed by atoms with Gasteiger partial charge in [0.05, 0.1) is 43.5 Å². The molecule has 1 atom stereocenters. The highest BCUT2D eigenvalue weighted by Crippen LogP contribution is 2.35. The smallest absolute Gasteiger partial charge is 0.404 e. The summed E-state index contributed by atoms with van der Waals surface area (Å²) in [6.45, 7) is 5.22. The number of ether oxygens (including phenoxy) is 3. The first-order chi connectivity index (χ1) is 14.4. The summed E-state index contributed by atoms with van der Waals surface area (Å²) in [6, 6.07) is 7.77. The Morgan fingerprint density at radius 2 is 1.93 bits per heavy atom. The van der Waals surface area contributed by atoms with Gasteiger partial charge in [0.15, 0.2) is 17.1 Å². The number of hydrogen-bond acceptors (Lipinski definition) is 7. The summed E-state index contributed by atoms with van der Waals surface area (Å²) in [5.41, 5.74) is 10.4. The van der Waals surface area contributed by atoms with Crippen molar-refractivity contribution in [2.75, 3.05) is 32.2 Å². The van der Waals surface area contributed by atoms with Crippen LogP contribution >= 0.6 is 0 Å². The molecule has 0 radical (unpaired) electrons. The number of hydrogen-bond donors (Lipinski definition) is 1. The number of methoxy groups -OCH3 is 2. The summed E-state index contributed by atoms with van der Waals surface area (Å²) < 4.78 is 17.9. The van der Waals surface area contributed by atoms with E-state index >= 15 is 0 Å². The SMILES string of the molecule is COc1ccc(-c2c(C)nc3c(N4CC[C@@H](OC(N)=O)C4)cc(C)nn23)cc1OC. The molecular formula is C21H25N5O4. The Labute approximate surface area is 174 Å². The molecule has 0 unspecified atom stereocenters. The lowest BCUT2D eigenvalue weighted by atomic mass is 10.1. The molecule has 1 fully saturated rings. The lowest BCUT2D eigenvalue weighted by Gasteiger charge is -2.19. The summed E-state index contributed by atoms with van der Waals surface area (Å²) >= 11 is 0. The molecule has 0 aliphatic carbocycles. The van der Waals surface area contributed by atoms with Gasteiger partial charge in [-0.3, -0.25) is 0 Å². The monoisotopic (exact) mass is 411 g/mol. The number of aryl methyl sites for hydroxylation is 2. The van der Waals surface area contributed by atoms with Crippen LogP contribution < -0.4 is 20.1 Å². The van der Waals surface area contributed by atoms with Crippen molar-refractivity contribution in [2.24, 2.45) is 5.73 Å². The topological polar surface area (TPSA) is 104 Å². The van der Waals surface area contributed by atoms with Crippen LogP contribution in [0, 0.1) is 13.8 Å². The average Bonchev–Trinajstić information content (AvgIpc) is 3.30. The van der Waals surface area contributed by atoms with Gasteiger partial charge < -0.3 is 24.8 Å². The van der Waals surface area contributed by atoms with Crippen molar-refractivity contribution in [1.29, 1.82) is 0 Å². The fourth-order valence-corrected chi connectivity index (χ4v) is 3.99. The van der Waals surface area contributed by atoms with Crippen LogP contribution in [0.3, 0.4) is 0 Å². The number of imidazole rings is 1. The second-order valence-corrected chi connectivity index (χ2v) is 7.32. The summed E-state index contributed by atoms with van der Waals surface area (Å²) in [7, 11) is 3.22. The fourth-order valence-electron chi connectivity index (χ4n) is 3.99. The summed E-state index contributed by atoms with van der Waals surface area (Å²) in [6.07, 6.45) is -0.249. The minimum atomic E-state index is -0.745. The van der Waals surface area contributed by atoms with Gasteiger partial charge in [-0.25, -0.2) is 14.3 Å². The maximum atomic E-state index is 11.1. The molecule has 3 heterocycles. The van der Waals surface area contributed by atoms with E-state index in [1.807, 2.05) is 42.6 Å². The Bertz CT molecular complexity index is 1110. The molecule has 4 rings (SSSR count). The predicted molar refractivity (Wildman–Crippen MR) is 112 cm³/mol. The van der Waals surface area contributed by atoms with Gasteiger partial charge in [0.25, 0.3) is 0 Å². The Balaban J connectivity index is 1.79. The largest absolute Gasteiger partial charge is 0.493 e. The van der Waals surface area contributed by atoms with E-state index in [1.165, 1.54) is 0 Å². The molecule has 1 saturated heterocycles. The number of rotatable bonds is 5. The van der Waals surface area contributed by atoms with Crippen molar-refractivity contribution in [2.45, 2.75) is 26.4 Å². The minimum Gasteiger partial charge on any atom is -0.493 e. The standard InChI is InChI=1S/C21H25N5O4/c1-12-9-16(25-8-7-15(11-25)30-21(22)27)20-23-13(2)19(26(20)24-12)14-5-6-17(28-3)18(10-14)29-4/h5-6,9-10,15H,7-8,11H2,1-4H3,(H2,22,27)/t15-/m1/s1. The normalized spacial score (nSPS) is 16.1. The number of primary amides is 1. The van der Waals surface area contributed by atoms with Crippen molar-refractivity contribution in [1.82, 2.24) is 14.6 Å². The van der Waals surface area contributed by atoms with Gasteiger partial charge in [-0.2, -0.15) is 5.10 Å². The van der Waals surface area contributed by atoms with Gasteiger partial charge in [-0.15, -0.1) is 0 Å². The molecule has 1 aliphatic heterocycles. The van der Waals surface area contributed by atoms with Crippen molar-refractivity contribution < 1.29 is 19.0 Å². The van der Waals surface area contributed by atoms with Gasteiger partial charge in [0.1, 0.15) is 6.10 Å². The number of nitrogens with zero attached hydrogens (tertiary/aromatic N) is 4. The molecule has 1 amide bonds. The lowest BCUT2D eigenvalue weighted by Crippen LogP contribution is -2.27. The van der Waals surface area contributed by atoms with Crippen molar-refractivity contribution in [3.8, 4) is 22.8 Å². The zero-order valence-corrected chi connectivity index (χ0v) is 17.5. The van der Waals surface area contributed by atoms with Crippen LogP contribution in [0.2, 0.25) is 0 Å². The number of aromatic nitrogens is 3. The molecule has 0 spiro atoms. The Morgan fingerprint density at radius 1 is 1.17 bits per heavy atom. The molecule has 2 N–H and O–H groups in total. The van der Waals surface area contributed by atoms with Crippen LogP contribution in [0.15, 0.2) is 24.3 Å². The number of anilines is 1. The van der Waals surface area contributed by atoms with Crippen LogP contribution in [0.4, 0.5) is 10.5 Å². The van der Waals surface area contributed by atoms with Crippen LogP contribution in [0.5, 0.6) is 11.5 Å². The third-order valence-electron chi connectivity index (χ3n) is 5.29. The minimum absolute atomic E-state index is 0.225. The molecule has 9 heteroatoms. The molecule has 3 aromatic rings. The molecular weight excluding hydrogens is 386 g/mol. The van der Waals surface area contributed by atoms with Crippen LogP contribution in [-0.4, -0.2) is 54.1 Å². The number of carbonyl (C=O) groups excluding carboxylic acids is 1. The number of benzene rings is 1.